The number of rotatable bonds is 3. The molecule has 0 aromatic heterocycles. The molecule has 0 aromatic rings. The molecule has 0 aromatic carbocycles. The molecule has 1 aliphatic heterocycles. The van der Waals surface area contributed by atoms with Gasteiger partial charge in [0.15, 0.2) is 0 Å². The summed E-state index contributed by atoms with van der Waals surface area (Å²) in [4.78, 5) is 14.9. The third-order valence-electron chi connectivity index (χ3n) is 4.74. The summed E-state index contributed by atoms with van der Waals surface area (Å²) in [5.41, 5.74) is 5.10. The molecule has 17 heavy (non-hydrogen) atoms. The van der Waals surface area contributed by atoms with Crippen molar-refractivity contribution in [2.45, 2.75) is 39.5 Å². The molecule has 0 bridgehead atoms. The van der Waals surface area contributed by atoms with E-state index in [9.17, 15) is 4.79 Å². The number of thiocarbonyl (C=S) groups is 1. The van der Waals surface area contributed by atoms with Crippen molar-refractivity contribution in [3.05, 3.63) is 0 Å². The van der Waals surface area contributed by atoms with E-state index in [1.807, 2.05) is 18.7 Å². The van der Waals surface area contributed by atoms with Crippen molar-refractivity contribution in [1.82, 2.24) is 4.90 Å². The van der Waals surface area contributed by atoms with Gasteiger partial charge in [0.1, 0.15) is 0 Å². The Morgan fingerprint density at radius 1 is 1.41 bits per heavy atom. The molecular weight excluding hydrogens is 232 g/mol. The van der Waals surface area contributed by atoms with Gasteiger partial charge in [0.05, 0.1) is 10.4 Å². The maximum atomic E-state index is 12.5. The first kappa shape index (κ1) is 12.8. The highest BCUT2D eigenvalue weighted by atomic mass is 32.1. The van der Waals surface area contributed by atoms with Crippen LogP contribution < -0.4 is 5.73 Å². The molecule has 2 aliphatic rings. The molecule has 0 radical (unpaired) electrons. The lowest BCUT2D eigenvalue weighted by molar-refractivity contribution is -0.137. The number of nitrogens with zero attached hydrogens (tertiary/aromatic N) is 1. The minimum absolute atomic E-state index is 0.141. The lowest BCUT2D eigenvalue weighted by atomic mass is 9.86. The fourth-order valence-corrected chi connectivity index (χ4v) is 3.41. The Morgan fingerprint density at radius 3 is 2.35 bits per heavy atom. The van der Waals surface area contributed by atoms with E-state index < -0.39 is 5.41 Å². The Balaban J connectivity index is 2.08. The van der Waals surface area contributed by atoms with E-state index in [1.54, 1.807) is 0 Å². The van der Waals surface area contributed by atoms with E-state index in [4.69, 9.17) is 18.0 Å². The van der Waals surface area contributed by atoms with E-state index >= 15 is 0 Å². The molecular formula is C13H22N2OS. The predicted octanol–water partition coefficient (Wildman–Crippen LogP) is 1.95. The van der Waals surface area contributed by atoms with Gasteiger partial charge in [0.2, 0.25) is 5.91 Å². The lowest BCUT2D eigenvalue weighted by Crippen LogP contribution is -2.48. The highest BCUT2D eigenvalue weighted by Crippen LogP contribution is 2.39. The number of amides is 1. The molecule has 1 saturated heterocycles. The highest BCUT2D eigenvalue weighted by molar-refractivity contribution is 7.80. The molecule has 3 nitrogen and oxygen atoms in total. The SMILES string of the molecule is CCC(C)(C(=O)N1CC2CCCC2C1)C(N)=S. The summed E-state index contributed by atoms with van der Waals surface area (Å²) in [5.74, 6) is 1.60. The number of carbonyl (C=O) groups is 1. The minimum atomic E-state index is -0.645. The van der Waals surface area contributed by atoms with Crippen LogP contribution in [0.1, 0.15) is 39.5 Å². The fraction of sp³-hybridized carbons (Fsp3) is 0.846. The Labute approximate surface area is 109 Å². The van der Waals surface area contributed by atoms with Gasteiger partial charge in [-0.1, -0.05) is 25.6 Å². The summed E-state index contributed by atoms with van der Waals surface area (Å²) in [7, 11) is 0. The second kappa shape index (κ2) is 4.56. The molecule has 1 aliphatic carbocycles. The molecule has 1 amide bonds. The molecule has 2 fully saturated rings. The van der Waals surface area contributed by atoms with Crippen molar-refractivity contribution in [2.24, 2.45) is 23.0 Å². The van der Waals surface area contributed by atoms with Crippen molar-refractivity contribution >= 4 is 23.1 Å². The Bertz CT molecular complexity index is 332. The molecule has 2 rings (SSSR count). The summed E-state index contributed by atoms with van der Waals surface area (Å²) in [6, 6.07) is 0. The fourth-order valence-electron chi connectivity index (χ4n) is 3.18. The lowest BCUT2D eigenvalue weighted by Gasteiger charge is -2.31. The van der Waals surface area contributed by atoms with Gasteiger partial charge < -0.3 is 10.6 Å². The smallest absolute Gasteiger partial charge is 0.235 e. The molecule has 1 saturated carbocycles. The van der Waals surface area contributed by atoms with Crippen LogP contribution in [0.25, 0.3) is 0 Å². The van der Waals surface area contributed by atoms with Crippen LogP contribution >= 0.6 is 12.2 Å². The van der Waals surface area contributed by atoms with E-state index in [2.05, 4.69) is 0 Å². The van der Waals surface area contributed by atoms with Crippen LogP contribution in [-0.4, -0.2) is 28.9 Å². The number of carbonyl (C=O) groups excluding carboxylic acids is 1. The Hall–Kier alpha value is -0.640. The topological polar surface area (TPSA) is 46.3 Å². The zero-order valence-corrected chi connectivity index (χ0v) is 11.6. The second-order valence-electron chi connectivity index (χ2n) is 5.71. The zero-order chi connectivity index (χ0) is 12.6. The minimum Gasteiger partial charge on any atom is -0.392 e. The molecule has 2 N–H and O–H groups in total. The number of nitrogens with two attached hydrogens (primary N) is 1. The third kappa shape index (κ3) is 2.07. The second-order valence-corrected chi connectivity index (χ2v) is 6.15. The van der Waals surface area contributed by atoms with Gasteiger partial charge in [-0.3, -0.25) is 4.79 Å². The van der Waals surface area contributed by atoms with Gasteiger partial charge in [-0.25, -0.2) is 0 Å². The van der Waals surface area contributed by atoms with E-state index in [0.29, 0.717) is 11.4 Å². The summed E-state index contributed by atoms with van der Waals surface area (Å²) in [6.07, 6.45) is 4.58. The number of likely N-dealkylation sites (tertiary alicyclic amines) is 1. The normalized spacial score (nSPS) is 31.1. The monoisotopic (exact) mass is 254 g/mol. The molecule has 1 heterocycles. The number of hydrogen-bond donors (Lipinski definition) is 1. The van der Waals surface area contributed by atoms with E-state index in [-0.39, 0.29) is 5.91 Å². The molecule has 0 spiro atoms. The van der Waals surface area contributed by atoms with Crippen molar-refractivity contribution in [2.75, 3.05) is 13.1 Å². The zero-order valence-electron chi connectivity index (χ0n) is 10.7. The molecule has 3 unspecified atom stereocenters. The first-order chi connectivity index (χ1) is 7.99. The van der Waals surface area contributed by atoms with Crippen LogP contribution in [0.5, 0.6) is 0 Å². The molecule has 96 valence electrons. The van der Waals surface area contributed by atoms with Crippen molar-refractivity contribution in [1.29, 1.82) is 0 Å². The van der Waals surface area contributed by atoms with E-state index in [1.165, 1.54) is 19.3 Å². The standard InChI is InChI=1S/C13H22N2OS/c1-3-13(2,11(14)17)12(16)15-7-9-5-4-6-10(9)8-15/h9-10H,3-8H2,1-2H3,(H2,14,17). The van der Waals surface area contributed by atoms with Gasteiger partial charge in [0.25, 0.3) is 0 Å². The largest absolute Gasteiger partial charge is 0.392 e. The maximum absolute atomic E-state index is 12.5. The summed E-state index contributed by atoms with van der Waals surface area (Å²) >= 11 is 5.07. The maximum Gasteiger partial charge on any atom is 0.235 e. The van der Waals surface area contributed by atoms with Crippen LogP contribution in [0, 0.1) is 17.3 Å². The first-order valence-corrected chi connectivity index (χ1v) is 6.99. The van der Waals surface area contributed by atoms with Crippen LogP contribution in [0.15, 0.2) is 0 Å². The van der Waals surface area contributed by atoms with Crippen LogP contribution in [0.2, 0.25) is 0 Å². The average molecular weight is 254 g/mol. The van der Waals surface area contributed by atoms with Crippen molar-refractivity contribution < 1.29 is 4.79 Å². The van der Waals surface area contributed by atoms with Crippen LogP contribution in [-0.2, 0) is 4.79 Å². The summed E-state index contributed by atoms with van der Waals surface area (Å²) in [6.45, 7) is 5.70. The Kier molecular flexibility index (Phi) is 3.43. The van der Waals surface area contributed by atoms with E-state index in [0.717, 1.165) is 24.9 Å². The van der Waals surface area contributed by atoms with Crippen molar-refractivity contribution in [3.8, 4) is 0 Å². The summed E-state index contributed by atoms with van der Waals surface area (Å²) in [5, 5.41) is 0. The summed E-state index contributed by atoms with van der Waals surface area (Å²) < 4.78 is 0. The quantitative estimate of drug-likeness (QED) is 0.783. The third-order valence-corrected chi connectivity index (χ3v) is 5.19. The van der Waals surface area contributed by atoms with Crippen LogP contribution in [0.3, 0.4) is 0 Å². The number of hydrogen-bond acceptors (Lipinski definition) is 2. The number of fused-ring (bicyclic) bond motifs is 1. The van der Waals surface area contributed by atoms with Crippen molar-refractivity contribution in [3.63, 3.8) is 0 Å². The molecule has 4 heteroatoms. The van der Waals surface area contributed by atoms with Gasteiger partial charge in [-0.05, 0) is 38.0 Å². The Morgan fingerprint density at radius 2 is 1.94 bits per heavy atom. The van der Waals surface area contributed by atoms with Crippen LogP contribution in [0.4, 0.5) is 0 Å². The average Bonchev–Trinajstić information content (AvgIpc) is 2.86. The highest BCUT2D eigenvalue weighted by Gasteiger charge is 2.44. The molecule has 3 atom stereocenters. The van der Waals surface area contributed by atoms with Gasteiger partial charge >= 0.3 is 0 Å². The predicted molar refractivity (Wildman–Crippen MR) is 72.6 cm³/mol. The van der Waals surface area contributed by atoms with Gasteiger partial charge in [0, 0.05) is 13.1 Å². The van der Waals surface area contributed by atoms with Gasteiger partial charge in [-0.15, -0.1) is 0 Å². The first-order valence-electron chi connectivity index (χ1n) is 6.58. The van der Waals surface area contributed by atoms with Gasteiger partial charge in [-0.2, -0.15) is 0 Å².